The standard InChI is InChI=1S/C26H35N3O9S2/c1-18(38-39(3,30)31)9-11-35-16-19(2)37-22-13-21(14-27-15-22)26-23-12-20(17-40(32,33)34)7-8-24(23)29(28-26)25-6-4-5-10-36-25/h7-8,12-15,18-19,25H,4-6,9-11,16-17H2,1-3H3,(H,32,33,34). The Bertz CT molecular complexity index is 1520. The van der Waals surface area contributed by atoms with E-state index in [4.69, 9.17) is 23.5 Å². The van der Waals surface area contributed by atoms with E-state index < -0.39 is 32.1 Å². The van der Waals surface area contributed by atoms with Crippen molar-refractivity contribution in [1.29, 1.82) is 0 Å². The molecule has 0 radical (unpaired) electrons. The van der Waals surface area contributed by atoms with E-state index >= 15 is 0 Å². The number of aromatic nitrogens is 3. The van der Waals surface area contributed by atoms with Gasteiger partial charge in [-0.3, -0.25) is 13.7 Å². The van der Waals surface area contributed by atoms with E-state index in [0.29, 0.717) is 47.6 Å². The van der Waals surface area contributed by atoms with Gasteiger partial charge in [-0.25, -0.2) is 4.68 Å². The van der Waals surface area contributed by atoms with E-state index in [-0.39, 0.29) is 18.9 Å². The normalized spacial score (nSPS) is 18.1. The van der Waals surface area contributed by atoms with Gasteiger partial charge in [-0.1, -0.05) is 6.07 Å². The maximum atomic E-state index is 11.5. The van der Waals surface area contributed by atoms with Crippen molar-refractivity contribution < 1.29 is 39.8 Å². The number of pyridine rings is 1. The molecule has 1 aliphatic heterocycles. The van der Waals surface area contributed by atoms with Crippen molar-refractivity contribution in [3.63, 3.8) is 0 Å². The van der Waals surface area contributed by atoms with Crippen molar-refractivity contribution in [3.05, 3.63) is 42.2 Å². The van der Waals surface area contributed by atoms with Crippen LogP contribution in [0.1, 0.15) is 51.3 Å². The van der Waals surface area contributed by atoms with E-state index in [1.165, 1.54) is 0 Å². The van der Waals surface area contributed by atoms with Crippen LogP contribution in [0.2, 0.25) is 0 Å². The molecule has 3 unspecified atom stereocenters. The van der Waals surface area contributed by atoms with E-state index in [2.05, 4.69) is 4.98 Å². The average molecular weight is 598 g/mol. The molecule has 0 aliphatic carbocycles. The van der Waals surface area contributed by atoms with Crippen LogP contribution in [0.3, 0.4) is 0 Å². The summed E-state index contributed by atoms with van der Waals surface area (Å²) in [6.45, 7) is 4.72. The van der Waals surface area contributed by atoms with Crippen molar-refractivity contribution in [1.82, 2.24) is 14.8 Å². The summed E-state index contributed by atoms with van der Waals surface area (Å²) >= 11 is 0. The van der Waals surface area contributed by atoms with Gasteiger partial charge in [-0.2, -0.15) is 21.9 Å². The number of benzene rings is 1. The second-order valence-corrected chi connectivity index (χ2v) is 13.1. The fourth-order valence-electron chi connectivity index (χ4n) is 4.56. The average Bonchev–Trinajstić information content (AvgIpc) is 3.24. The summed E-state index contributed by atoms with van der Waals surface area (Å²) in [7, 11) is -7.72. The highest BCUT2D eigenvalue weighted by molar-refractivity contribution is 7.86. The molecule has 0 amide bonds. The summed E-state index contributed by atoms with van der Waals surface area (Å²) < 4.78 is 79.1. The maximum Gasteiger partial charge on any atom is 0.269 e. The maximum absolute atomic E-state index is 11.5. The molecule has 220 valence electrons. The van der Waals surface area contributed by atoms with Crippen molar-refractivity contribution in [2.75, 3.05) is 26.1 Å². The van der Waals surface area contributed by atoms with Gasteiger partial charge < -0.3 is 14.2 Å². The van der Waals surface area contributed by atoms with Crippen molar-refractivity contribution in [3.8, 4) is 17.0 Å². The lowest BCUT2D eigenvalue weighted by molar-refractivity contribution is -0.0365. The second kappa shape index (κ2) is 12.9. The predicted molar refractivity (Wildman–Crippen MR) is 148 cm³/mol. The molecule has 0 bridgehead atoms. The third kappa shape index (κ3) is 8.69. The number of ether oxygens (including phenoxy) is 3. The molecular weight excluding hydrogens is 562 g/mol. The minimum Gasteiger partial charge on any atom is -0.487 e. The summed E-state index contributed by atoms with van der Waals surface area (Å²) in [6.07, 6.45) is 6.41. The van der Waals surface area contributed by atoms with Crippen LogP contribution in [0, 0.1) is 0 Å². The minimum absolute atomic E-state index is 0.243. The smallest absolute Gasteiger partial charge is 0.269 e. The highest BCUT2D eigenvalue weighted by atomic mass is 32.2. The molecule has 0 spiro atoms. The highest BCUT2D eigenvalue weighted by Gasteiger charge is 2.23. The molecule has 1 fully saturated rings. The van der Waals surface area contributed by atoms with E-state index in [0.717, 1.165) is 31.0 Å². The Morgan fingerprint density at radius 2 is 1.93 bits per heavy atom. The highest BCUT2D eigenvalue weighted by Crippen LogP contribution is 2.34. The van der Waals surface area contributed by atoms with Crippen LogP contribution in [-0.4, -0.2) is 74.4 Å². The van der Waals surface area contributed by atoms with Crippen LogP contribution in [0.25, 0.3) is 22.2 Å². The van der Waals surface area contributed by atoms with Gasteiger partial charge in [0.25, 0.3) is 20.2 Å². The molecule has 4 rings (SSSR count). The van der Waals surface area contributed by atoms with Gasteiger partial charge in [0.1, 0.15) is 23.3 Å². The number of hydrogen-bond donors (Lipinski definition) is 1. The first-order valence-electron chi connectivity index (χ1n) is 13.0. The van der Waals surface area contributed by atoms with Crippen molar-refractivity contribution in [2.24, 2.45) is 0 Å². The van der Waals surface area contributed by atoms with Gasteiger partial charge in [0.05, 0.1) is 30.7 Å². The Balaban J connectivity index is 1.51. The van der Waals surface area contributed by atoms with Crippen molar-refractivity contribution >= 4 is 31.1 Å². The summed E-state index contributed by atoms with van der Waals surface area (Å²) in [5.41, 5.74) is 2.47. The van der Waals surface area contributed by atoms with Gasteiger partial charge >= 0.3 is 0 Å². The van der Waals surface area contributed by atoms with Crippen LogP contribution in [0.5, 0.6) is 5.75 Å². The fraction of sp³-hybridized carbons (Fsp3) is 0.538. The lowest BCUT2D eigenvalue weighted by Crippen LogP contribution is -2.21. The molecule has 40 heavy (non-hydrogen) atoms. The third-order valence-corrected chi connectivity index (χ3v) is 7.61. The zero-order chi connectivity index (χ0) is 28.9. The molecule has 3 atom stereocenters. The van der Waals surface area contributed by atoms with Crippen LogP contribution in [0.4, 0.5) is 0 Å². The number of nitrogens with zero attached hydrogens (tertiary/aromatic N) is 3. The monoisotopic (exact) mass is 597 g/mol. The fourth-order valence-corrected chi connectivity index (χ4v) is 5.86. The van der Waals surface area contributed by atoms with Gasteiger partial charge in [0.15, 0.2) is 6.23 Å². The minimum atomic E-state index is -4.21. The van der Waals surface area contributed by atoms with Gasteiger partial charge in [0.2, 0.25) is 0 Å². The molecule has 14 heteroatoms. The largest absolute Gasteiger partial charge is 0.487 e. The Labute approximate surface area is 234 Å². The van der Waals surface area contributed by atoms with E-state index in [1.54, 1.807) is 43.6 Å². The SMILES string of the molecule is CC(COCCC(C)OS(C)(=O)=O)Oc1cncc(-c2nn(C3CCCCO3)c3ccc(CS(=O)(=O)O)cc23)c1. The molecular formula is C26H35N3O9S2. The Kier molecular flexibility index (Phi) is 9.80. The zero-order valence-corrected chi connectivity index (χ0v) is 24.4. The predicted octanol–water partition coefficient (Wildman–Crippen LogP) is 3.72. The summed E-state index contributed by atoms with van der Waals surface area (Å²) in [5, 5.41) is 5.55. The zero-order valence-electron chi connectivity index (χ0n) is 22.7. The molecule has 3 aromatic rings. The van der Waals surface area contributed by atoms with Gasteiger partial charge in [-0.15, -0.1) is 0 Å². The first kappa shape index (κ1) is 30.3. The summed E-state index contributed by atoms with van der Waals surface area (Å²) in [4.78, 5) is 4.32. The second-order valence-electron chi connectivity index (χ2n) is 10.0. The summed E-state index contributed by atoms with van der Waals surface area (Å²) in [6, 6.07) is 6.96. The molecule has 2 aromatic heterocycles. The third-order valence-electron chi connectivity index (χ3n) is 6.23. The Morgan fingerprint density at radius 1 is 1.12 bits per heavy atom. The van der Waals surface area contributed by atoms with E-state index in [9.17, 15) is 21.4 Å². The van der Waals surface area contributed by atoms with Crippen LogP contribution < -0.4 is 4.74 Å². The number of hydrogen-bond acceptors (Lipinski definition) is 10. The van der Waals surface area contributed by atoms with Gasteiger partial charge in [0, 0.05) is 30.4 Å². The topological polar surface area (TPSA) is 156 Å². The Hall–Kier alpha value is -2.62. The van der Waals surface area contributed by atoms with Crippen molar-refractivity contribution in [2.45, 2.75) is 63.7 Å². The van der Waals surface area contributed by atoms with Crippen LogP contribution in [0.15, 0.2) is 36.7 Å². The molecule has 12 nitrogen and oxygen atoms in total. The lowest BCUT2D eigenvalue weighted by Gasteiger charge is -2.23. The van der Waals surface area contributed by atoms with Gasteiger partial charge in [-0.05, 0) is 63.3 Å². The molecule has 0 saturated carbocycles. The van der Waals surface area contributed by atoms with Crippen LogP contribution >= 0.6 is 0 Å². The molecule has 3 heterocycles. The first-order valence-corrected chi connectivity index (χ1v) is 16.5. The quantitative estimate of drug-likeness (QED) is 0.174. The number of fused-ring (bicyclic) bond motifs is 1. The van der Waals surface area contributed by atoms with Crippen LogP contribution in [-0.2, 0) is 39.6 Å². The first-order chi connectivity index (χ1) is 18.9. The summed E-state index contributed by atoms with van der Waals surface area (Å²) in [5.74, 6) is -0.0148. The Morgan fingerprint density at radius 3 is 2.62 bits per heavy atom. The molecule has 1 N–H and O–H groups in total. The molecule has 1 aromatic carbocycles. The molecule has 1 saturated heterocycles. The van der Waals surface area contributed by atoms with E-state index in [1.807, 2.05) is 11.6 Å². The lowest BCUT2D eigenvalue weighted by atomic mass is 10.1. The number of rotatable bonds is 13. The molecule has 1 aliphatic rings.